The van der Waals surface area contributed by atoms with Crippen molar-refractivity contribution in [3.63, 3.8) is 0 Å². The van der Waals surface area contributed by atoms with Crippen molar-refractivity contribution in [1.29, 1.82) is 0 Å². The molecule has 5 heteroatoms. The monoisotopic (exact) mass is 488 g/mol. The Kier molecular flexibility index (Phi) is 8.44. The maximum absolute atomic E-state index is 12.4. The molecule has 2 aliphatic rings. The lowest BCUT2D eigenvalue weighted by Gasteiger charge is -2.43. The summed E-state index contributed by atoms with van der Waals surface area (Å²) in [5, 5.41) is 1.69. The van der Waals surface area contributed by atoms with Gasteiger partial charge in [-0.1, -0.05) is 105 Å². The summed E-state index contributed by atoms with van der Waals surface area (Å²) in [6.45, 7) is 2.30. The Labute approximate surface area is 204 Å². The van der Waals surface area contributed by atoms with Gasteiger partial charge in [-0.2, -0.15) is 0 Å². The van der Waals surface area contributed by atoms with Gasteiger partial charge in [0, 0.05) is 0 Å². The molecule has 2 fully saturated rings. The number of hydrogen-bond acceptors (Lipinski definition) is 1. The topological polar surface area (TPSA) is 9.23 Å². The van der Waals surface area contributed by atoms with Gasteiger partial charge < -0.3 is 4.74 Å². The molecule has 0 unspecified atom stereocenters. The molecule has 0 N–H and O–H groups in total. The van der Waals surface area contributed by atoms with Gasteiger partial charge in [0.15, 0.2) is 0 Å². The summed E-state index contributed by atoms with van der Waals surface area (Å²) in [6, 6.07) is 22.4. The fourth-order valence-corrected chi connectivity index (χ4v) is 12.0. The van der Waals surface area contributed by atoms with E-state index in [1.165, 1.54) is 75.2 Å². The van der Waals surface area contributed by atoms with Crippen LogP contribution in [0.25, 0.3) is 0 Å². The third kappa shape index (κ3) is 6.47. The second kappa shape index (κ2) is 11.3. The number of hydrogen-bond donors (Lipinski definition) is 0. The fraction of sp³-hybridized carbons (Fsp3) is 0.586. The Balaban J connectivity index is 1.31. The predicted molar refractivity (Wildman–Crippen MR) is 136 cm³/mol. The molecule has 1 nitrogen and oxygen atoms in total. The van der Waals surface area contributed by atoms with Crippen LogP contribution in [0, 0.1) is 11.8 Å². The Morgan fingerprint density at radius 2 is 1.41 bits per heavy atom. The highest BCUT2D eigenvalue weighted by Gasteiger charge is 2.41. The van der Waals surface area contributed by atoms with Gasteiger partial charge >= 0.3 is 6.36 Å². The van der Waals surface area contributed by atoms with Gasteiger partial charge in [0.2, 0.25) is 0 Å². The van der Waals surface area contributed by atoms with E-state index in [0.29, 0.717) is 5.92 Å². The Bertz CT molecular complexity index is 864. The minimum Gasteiger partial charge on any atom is -0.406 e. The van der Waals surface area contributed by atoms with E-state index in [1.807, 2.05) is 12.1 Å². The van der Waals surface area contributed by atoms with Crippen LogP contribution in [0.3, 0.4) is 0 Å². The fourth-order valence-electron chi connectivity index (χ4n) is 6.72. The van der Waals surface area contributed by atoms with E-state index >= 15 is 0 Å². The van der Waals surface area contributed by atoms with Crippen molar-refractivity contribution in [2.45, 2.75) is 95.1 Å². The van der Waals surface area contributed by atoms with Crippen LogP contribution in [0.4, 0.5) is 13.2 Å². The Hall–Kier alpha value is -1.75. The summed E-state index contributed by atoms with van der Waals surface area (Å²) in [4.78, 5) is 0. The first-order chi connectivity index (χ1) is 16.4. The van der Waals surface area contributed by atoms with Crippen LogP contribution in [0.15, 0.2) is 54.6 Å². The molecular formula is C29H39F3OSi. The lowest BCUT2D eigenvalue weighted by molar-refractivity contribution is -0.274. The van der Waals surface area contributed by atoms with Crippen LogP contribution in [-0.2, 0) is 0 Å². The zero-order valence-corrected chi connectivity index (χ0v) is 21.5. The zero-order chi connectivity index (χ0) is 24.0. The summed E-state index contributed by atoms with van der Waals surface area (Å²) in [5.41, 5.74) is 1.16. The average molecular weight is 489 g/mol. The van der Waals surface area contributed by atoms with Crippen molar-refractivity contribution in [3.05, 3.63) is 60.2 Å². The zero-order valence-electron chi connectivity index (χ0n) is 20.5. The van der Waals surface area contributed by atoms with Crippen molar-refractivity contribution < 1.29 is 17.9 Å². The van der Waals surface area contributed by atoms with Crippen molar-refractivity contribution >= 4 is 13.3 Å². The lowest BCUT2D eigenvalue weighted by atomic mass is 9.72. The first-order valence-electron chi connectivity index (χ1n) is 13.3. The van der Waals surface area contributed by atoms with Crippen molar-refractivity contribution in [2.75, 3.05) is 0 Å². The average Bonchev–Trinajstić information content (AvgIpc) is 2.85. The second-order valence-corrected chi connectivity index (χ2v) is 15.3. The minimum absolute atomic E-state index is 0.128. The Morgan fingerprint density at radius 1 is 0.794 bits per heavy atom. The lowest BCUT2D eigenvalue weighted by Crippen LogP contribution is -2.50. The maximum atomic E-state index is 12.4. The highest BCUT2D eigenvalue weighted by Crippen LogP contribution is 2.46. The molecule has 2 aromatic rings. The van der Waals surface area contributed by atoms with Gasteiger partial charge in [-0.05, 0) is 61.1 Å². The van der Waals surface area contributed by atoms with Gasteiger partial charge in [-0.3, -0.25) is 0 Å². The molecule has 0 aromatic heterocycles. The van der Waals surface area contributed by atoms with Crippen LogP contribution >= 0.6 is 0 Å². The number of ether oxygens (including phenoxy) is 1. The molecule has 0 amide bonds. The second-order valence-electron chi connectivity index (χ2n) is 10.7. The molecule has 1 aliphatic carbocycles. The highest BCUT2D eigenvalue weighted by atomic mass is 28.3. The first-order valence-corrected chi connectivity index (χ1v) is 15.9. The molecule has 0 atom stereocenters. The van der Waals surface area contributed by atoms with Crippen molar-refractivity contribution in [3.8, 4) is 5.75 Å². The molecular weight excluding hydrogens is 449 g/mol. The SMILES string of the molecule is CCCCC[Si@]1(c2ccccc2)CC[C@H](C2CCC(c3ccc(OC(F)(F)F)cc3)CC2)CC1. The molecule has 4 rings (SSSR count). The van der Waals surface area contributed by atoms with Crippen molar-refractivity contribution in [2.24, 2.45) is 11.8 Å². The van der Waals surface area contributed by atoms with Crippen LogP contribution in [0.5, 0.6) is 5.75 Å². The quantitative estimate of drug-likeness (QED) is 0.266. The first kappa shape index (κ1) is 25.3. The molecule has 1 saturated heterocycles. The normalized spacial score (nSPS) is 27.9. The number of alkyl halides is 3. The smallest absolute Gasteiger partial charge is 0.406 e. The van der Waals surface area contributed by atoms with E-state index in [9.17, 15) is 13.2 Å². The van der Waals surface area contributed by atoms with E-state index < -0.39 is 14.4 Å². The predicted octanol–water partition coefficient (Wildman–Crippen LogP) is 8.82. The Morgan fingerprint density at radius 3 is 2.00 bits per heavy atom. The largest absolute Gasteiger partial charge is 0.573 e. The number of halogens is 3. The third-order valence-corrected chi connectivity index (χ3v) is 14.0. The van der Waals surface area contributed by atoms with E-state index in [2.05, 4.69) is 42.0 Å². The van der Waals surface area contributed by atoms with Gasteiger partial charge in [0.1, 0.15) is 5.75 Å². The molecule has 1 aliphatic heterocycles. The van der Waals surface area contributed by atoms with Crippen molar-refractivity contribution in [1.82, 2.24) is 0 Å². The molecule has 0 spiro atoms. The third-order valence-electron chi connectivity index (χ3n) is 8.66. The van der Waals surface area contributed by atoms with Gasteiger partial charge in [-0.25, -0.2) is 0 Å². The van der Waals surface area contributed by atoms with Crippen LogP contribution in [0.2, 0.25) is 18.1 Å². The standard InChI is InChI=1S/C29H39F3OSi/c1-2-3-7-20-34(28-8-5-4-6-9-28)21-18-26(19-22-34)24-12-10-23(11-13-24)25-14-16-27(17-15-25)33-29(30,31)32/h4-6,8-9,14-17,23-24,26H,2-3,7,10-13,18-22H2,1H3/t23?,24?,26-,34-. The summed E-state index contributed by atoms with van der Waals surface area (Å²) < 4.78 is 41.3. The minimum atomic E-state index is -4.63. The van der Waals surface area contributed by atoms with Gasteiger partial charge in [0.25, 0.3) is 0 Å². The van der Waals surface area contributed by atoms with Gasteiger partial charge in [0.05, 0.1) is 8.07 Å². The summed E-state index contributed by atoms with van der Waals surface area (Å²) in [6.07, 6.45) is 7.02. The highest BCUT2D eigenvalue weighted by molar-refractivity contribution is 6.92. The molecule has 186 valence electrons. The summed E-state index contributed by atoms with van der Waals surface area (Å²) in [7, 11) is -1.38. The summed E-state index contributed by atoms with van der Waals surface area (Å²) >= 11 is 0. The molecule has 0 radical (unpaired) electrons. The molecule has 1 saturated carbocycles. The van der Waals surface area contributed by atoms with Gasteiger partial charge in [-0.15, -0.1) is 13.2 Å². The van der Waals surface area contributed by atoms with E-state index in [-0.39, 0.29) is 5.75 Å². The van der Waals surface area contributed by atoms with E-state index in [1.54, 1.807) is 5.19 Å². The van der Waals surface area contributed by atoms with E-state index in [0.717, 1.165) is 30.2 Å². The number of benzene rings is 2. The maximum Gasteiger partial charge on any atom is 0.573 e. The summed E-state index contributed by atoms with van der Waals surface area (Å²) in [5.74, 6) is 2.02. The van der Waals surface area contributed by atoms with Crippen LogP contribution in [-0.4, -0.2) is 14.4 Å². The molecule has 1 heterocycles. The molecule has 0 bridgehead atoms. The van der Waals surface area contributed by atoms with Crippen LogP contribution < -0.4 is 9.92 Å². The molecule has 2 aromatic carbocycles. The number of unbranched alkanes of at least 4 members (excludes halogenated alkanes) is 2. The van der Waals surface area contributed by atoms with E-state index in [4.69, 9.17) is 0 Å². The number of rotatable bonds is 8. The van der Waals surface area contributed by atoms with Crippen LogP contribution in [0.1, 0.15) is 76.2 Å². The molecule has 34 heavy (non-hydrogen) atoms.